The van der Waals surface area contributed by atoms with Crippen molar-refractivity contribution in [2.45, 2.75) is 6.92 Å². The fourth-order valence-electron chi connectivity index (χ4n) is 0.816. The summed E-state index contributed by atoms with van der Waals surface area (Å²) in [7, 11) is 0. The summed E-state index contributed by atoms with van der Waals surface area (Å²) in [6, 6.07) is 6.75. The molecule has 1 rings (SSSR count). The number of carbonyl (C=O) groups excluding carboxylic acids is 2. The highest BCUT2D eigenvalue weighted by Crippen LogP contribution is 2.08. The number of esters is 2. The van der Waals surface area contributed by atoms with Crippen molar-refractivity contribution < 1.29 is 14.3 Å². The summed E-state index contributed by atoms with van der Waals surface area (Å²) in [6.07, 6.45) is 0. The molecule has 0 aliphatic carbocycles. The van der Waals surface area contributed by atoms with E-state index in [2.05, 4.69) is 33.9 Å². The standard InChI is InChI=1S/C11H9IO3/c1-7(2)10(13)15-11(14)8-3-5-9(12)6-4-8/h3-6H,1H2,2H3. The Morgan fingerprint density at radius 3 is 2.27 bits per heavy atom. The Kier molecular flexibility index (Phi) is 4.02. The molecule has 0 aliphatic rings. The maximum atomic E-state index is 11.4. The van der Waals surface area contributed by atoms with Crippen LogP contribution in [0.5, 0.6) is 0 Å². The highest BCUT2D eigenvalue weighted by molar-refractivity contribution is 14.1. The molecule has 0 atom stereocenters. The second-order valence-electron chi connectivity index (χ2n) is 2.96. The molecule has 0 saturated heterocycles. The van der Waals surface area contributed by atoms with Gasteiger partial charge < -0.3 is 4.74 Å². The molecular formula is C11H9IO3. The number of rotatable bonds is 2. The van der Waals surface area contributed by atoms with Gasteiger partial charge >= 0.3 is 11.9 Å². The lowest BCUT2D eigenvalue weighted by Crippen LogP contribution is -2.12. The second kappa shape index (κ2) is 5.06. The first-order chi connectivity index (χ1) is 7.00. The SMILES string of the molecule is C=C(C)C(=O)OC(=O)c1ccc(I)cc1. The summed E-state index contributed by atoms with van der Waals surface area (Å²) in [5, 5.41) is 0. The lowest BCUT2D eigenvalue weighted by atomic mass is 10.2. The van der Waals surface area contributed by atoms with Crippen LogP contribution in [0.15, 0.2) is 36.4 Å². The molecule has 0 amide bonds. The first-order valence-electron chi connectivity index (χ1n) is 4.18. The van der Waals surface area contributed by atoms with Crippen molar-refractivity contribution in [2.75, 3.05) is 0 Å². The maximum absolute atomic E-state index is 11.4. The molecular weight excluding hydrogens is 307 g/mol. The summed E-state index contributed by atoms with van der Waals surface area (Å²) in [5.74, 6) is -1.35. The van der Waals surface area contributed by atoms with Crippen molar-refractivity contribution in [3.05, 3.63) is 45.6 Å². The van der Waals surface area contributed by atoms with E-state index in [4.69, 9.17) is 0 Å². The van der Waals surface area contributed by atoms with Gasteiger partial charge in [0.25, 0.3) is 0 Å². The van der Waals surface area contributed by atoms with E-state index in [-0.39, 0.29) is 5.57 Å². The number of carbonyl (C=O) groups is 2. The smallest absolute Gasteiger partial charge is 0.346 e. The fraction of sp³-hybridized carbons (Fsp3) is 0.0909. The Bertz CT molecular complexity index is 406. The van der Waals surface area contributed by atoms with Crippen LogP contribution in [0.4, 0.5) is 0 Å². The molecule has 0 heterocycles. The third-order valence-electron chi connectivity index (χ3n) is 1.61. The van der Waals surface area contributed by atoms with Gasteiger partial charge in [-0.15, -0.1) is 0 Å². The van der Waals surface area contributed by atoms with Crippen molar-refractivity contribution >= 4 is 34.5 Å². The summed E-state index contributed by atoms with van der Waals surface area (Å²) < 4.78 is 5.57. The quantitative estimate of drug-likeness (QED) is 0.364. The first kappa shape index (κ1) is 11.9. The highest BCUT2D eigenvalue weighted by atomic mass is 127. The van der Waals surface area contributed by atoms with E-state index in [0.29, 0.717) is 5.56 Å². The lowest BCUT2D eigenvalue weighted by molar-refractivity contribution is -0.133. The minimum Gasteiger partial charge on any atom is -0.386 e. The summed E-state index contributed by atoms with van der Waals surface area (Å²) >= 11 is 2.12. The molecule has 78 valence electrons. The summed E-state index contributed by atoms with van der Waals surface area (Å²) in [6.45, 7) is 4.88. The Balaban J connectivity index is 2.74. The molecule has 0 bridgehead atoms. The van der Waals surface area contributed by atoms with Gasteiger partial charge in [-0.25, -0.2) is 9.59 Å². The maximum Gasteiger partial charge on any atom is 0.346 e. The van der Waals surface area contributed by atoms with Gasteiger partial charge in [0.05, 0.1) is 5.56 Å². The van der Waals surface area contributed by atoms with Crippen LogP contribution in [0.2, 0.25) is 0 Å². The van der Waals surface area contributed by atoms with E-state index in [1.54, 1.807) is 24.3 Å². The predicted octanol–water partition coefficient (Wildman–Crippen LogP) is 2.55. The largest absolute Gasteiger partial charge is 0.386 e. The molecule has 0 aliphatic heterocycles. The lowest BCUT2D eigenvalue weighted by Gasteiger charge is -2.02. The molecule has 0 saturated carbocycles. The Hall–Kier alpha value is -1.17. The molecule has 0 unspecified atom stereocenters. The van der Waals surface area contributed by atoms with Gasteiger partial charge in [-0.3, -0.25) is 0 Å². The minimum atomic E-state index is -0.696. The minimum absolute atomic E-state index is 0.203. The topological polar surface area (TPSA) is 43.4 Å². The van der Waals surface area contributed by atoms with E-state index >= 15 is 0 Å². The zero-order chi connectivity index (χ0) is 11.4. The number of halogens is 1. The third kappa shape index (κ3) is 3.47. The molecule has 1 aromatic rings. The van der Waals surface area contributed by atoms with Crippen molar-refractivity contribution in [1.82, 2.24) is 0 Å². The zero-order valence-electron chi connectivity index (χ0n) is 8.12. The van der Waals surface area contributed by atoms with Gasteiger partial charge in [-0.05, 0) is 53.8 Å². The average molecular weight is 316 g/mol. The van der Waals surface area contributed by atoms with E-state index in [9.17, 15) is 9.59 Å². The molecule has 0 fully saturated rings. The number of hydrogen-bond acceptors (Lipinski definition) is 3. The summed E-state index contributed by atoms with van der Waals surface area (Å²) in [5.41, 5.74) is 0.555. The normalized spacial score (nSPS) is 9.47. The molecule has 0 spiro atoms. The molecule has 1 aromatic carbocycles. The van der Waals surface area contributed by atoms with E-state index in [1.165, 1.54) is 6.92 Å². The van der Waals surface area contributed by atoms with Gasteiger partial charge in [0.15, 0.2) is 0 Å². The van der Waals surface area contributed by atoms with Crippen molar-refractivity contribution in [3.63, 3.8) is 0 Å². The van der Waals surface area contributed by atoms with Gasteiger partial charge in [-0.1, -0.05) is 6.58 Å². The zero-order valence-corrected chi connectivity index (χ0v) is 10.3. The molecule has 0 aromatic heterocycles. The van der Waals surface area contributed by atoms with Gasteiger partial charge in [0.1, 0.15) is 0 Å². The van der Waals surface area contributed by atoms with Crippen LogP contribution in [0, 0.1) is 3.57 Å². The monoisotopic (exact) mass is 316 g/mol. The van der Waals surface area contributed by atoms with Crippen molar-refractivity contribution in [2.24, 2.45) is 0 Å². The van der Waals surface area contributed by atoms with Crippen molar-refractivity contribution in [1.29, 1.82) is 0 Å². The number of hydrogen-bond donors (Lipinski definition) is 0. The molecule has 15 heavy (non-hydrogen) atoms. The van der Waals surface area contributed by atoms with Gasteiger partial charge in [0, 0.05) is 9.14 Å². The van der Waals surface area contributed by atoms with Crippen LogP contribution < -0.4 is 0 Å². The Morgan fingerprint density at radius 1 is 1.27 bits per heavy atom. The van der Waals surface area contributed by atoms with Crippen LogP contribution in [0.25, 0.3) is 0 Å². The van der Waals surface area contributed by atoms with E-state index < -0.39 is 11.9 Å². The predicted molar refractivity (Wildman–Crippen MR) is 64.4 cm³/mol. The highest BCUT2D eigenvalue weighted by Gasteiger charge is 2.12. The average Bonchev–Trinajstić information content (AvgIpc) is 2.18. The van der Waals surface area contributed by atoms with Gasteiger partial charge in [0.2, 0.25) is 0 Å². The Morgan fingerprint density at radius 2 is 1.80 bits per heavy atom. The molecule has 3 nitrogen and oxygen atoms in total. The van der Waals surface area contributed by atoms with Crippen LogP contribution in [-0.2, 0) is 9.53 Å². The van der Waals surface area contributed by atoms with Gasteiger partial charge in [-0.2, -0.15) is 0 Å². The van der Waals surface area contributed by atoms with Crippen LogP contribution in [0.1, 0.15) is 17.3 Å². The van der Waals surface area contributed by atoms with Crippen LogP contribution >= 0.6 is 22.6 Å². The molecule has 0 radical (unpaired) electrons. The third-order valence-corrected chi connectivity index (χ3v) is 2.33. The van der Waals surface area contributed by atoms with Crippen molar-refractivity contribution in [3.8, 4) is 0 Å². The van der Waals surface area contributed by atoms with E-state index in [0.717, 1.165) is 3.57 Å². The number of ether oxygens (including phenoxy) is 1. The number of benzene rings is 1. The van der Waals surface area contributed by atoms with E-state index in [1.807, 2.05) is 0 Å². The van der Waals surface area contributed by atoms with Crippen LogP contribution in [0.3, 0.4) is 0 Å². The van der Waals surface area contributed by atoms with Crippen LogP contribution in [-0.4, -0.2) is 11.9 Å². The second-order valence-corrected chi connectivity index (χ2v) is 4.21. The fourth-order valence-corrected chi connectivity index (χ4v) is 1.18. The summed E-state index contributed by atoms with van der Waals surface area (Å²) in [4.78, 5) is 22.4. The molecule has 0 N–H and O–H groups in total. The first-order valence-corrected chi connectivity index (χ1v) is 5.26. The molecule has 4 heteroatoms. The Labute approximate surface area is 101 Å².